The first-order valence-corrected chi connectivity index (χ1v) is 8.52. The van der Waals surface area contributed by atoms with Gasteiger partial charge in [-0.05, 0) is 17.7 Å². The molecule has 21 heavy (non-hydrogen) atoms. The Kier molecular flexibility index (Phi) is 5.83. The minimum Gasteiger partial charge on any atom is -0.293 e. The molecule has 2 aromatic carbocycles. The highest BCUT2D eigenvalue weighted by Gasteiger charge is 2.28. The Morgan fingerprint density at radius 2 is 1.67 bits per heavy atom. The molecule has 0 N–H and O–H groups in total. The third-order valence-corrected chi connectivity index (χ3v) is 6.21. The fourth-order valence-electron chi connectivity index (χ4n) is 1.80. The highest BCUT2D eigenvalue weighted by molar-refractivity contribution is 9.12. The third-order valence-electron chi connectivity index (χ3n) is 2.90. The zero-order valence-corrected chi connectivity index (χ0v) is 15.2. The first-order chi connectivity index (χ1) is 9.91. The number of benzene rings is 2. The number of halogens is 5. The van der Waals surface area contributed by atoms with Crippen LogP contribution in [0.5, 0.6) is 0 Å². The summed E-state index contributed by atoms with van der Waals surface area (Å²) in [4.78, 5) is 11.6. The summed E-state index contributed by atoms with van der Waals surface area (Å²) < 4.78 is 13.5. The van der Waals surface area contributed by atoms with Gasteiger partial charge in [-0.3, -0.25) is 4.79 Å². The van der Waals surface area contributed by atoms with Gasteiger partial charge in [0.2, 0.25) is 0 Å². The van der Waals surface area contributed by atoms with Crippen LogP contribution in [0, 0.1) is 5.82 Å². The summed E-state index contributed by atoms with van der Waals surface area (Å²) in [5, 5.41) is 0.0183. The molecule has 0 fully saturated rings. The van der Waals surface area contributed by atoms with Gasteiger partial charge >= 0.3 is 0 Å². The molecule has 0 radical (unpaired) electrons. The number of hydrogen-bond acceptors (Lipinski definition) is 1. The van der Waals surface area contributed by atoms with Crippen molar-refractivity contribution in [2.24, 2.45) is 0 Å². The lowest BCUT2D eigenvalue weighted by Crippen LogP contribution is -2.19. The number of rotatable bonds is 4. The highest BCUT2D eigenvalue weighted by atomic mass is 79.9. The van der Waals surface area contributed by atoms with Crippen LogP contribution in [0.4, 0.5) is 4.39 Å². The largest absolute Gasteiger partial charge is 0.293 e. The fourth-order valence-corrected chi connectivity index (χ4v) is 3.37. The van der Waals surface area contributed by atoms with Crippen molar-refractivity contribution in [2.45, 2.75) is 9.65 Å². The van der Waals surface area contributed by atoms with Gasteiger partial charge in [-0.15, -0.1) is 0 Å². The van der Waals surface area contributed by atoms with E-state index >= 15 is 0 Å². The van der Waals surface area contributed by atoms with Gasteiger partial charge in [0, 0.05) is 5.56 Å². The van der Waals surface area contributed by atoms with E-state index in [1.54, 1.807) is 0 Å². The van der Waals surface area contributed by atoms with Crippen LogP contribution in [0.3, 0.4) is 0 Å². The van der Waals surface area contributed by atoms with E-state index in [0.717, 1.165) is 11.6 Å². The van der Waals surface area contributed by atoms with E-state index in [4.69, 9.17) is 23.2 Å². The predicted octanol–water partition coefficient (Wildman–Crippen LogP) is 6.21. The van der Waals surface area contributed by atoms with Crippen molar-refractivity contribution in [2.75, 3.05) is 0 Å². The van der Waals surface area contributed by atoms with Crippen LogP contribution in [-0.2, 0) is 0 Å². The predicted molar refractivity (Wildman–Crippen MR) is 91.6 cm³/mol. The van der Waals surface area contributed by atoms with E-state index in [-0.39, 0.29) is 26.2 Å². The molecule has 0 saturated carbocycles. The number of carbonyl (C=O) groups is 1. The molecule has 0 aliphatic rings. The fraction of sp³-hybridized carbons (Fsp3) is 0.133. The summed E-state index contributed by atoms with van der Waals surface area (Å²) in [6.07, 6.45) is 0. The van der Waals surface area contributed by atoms with E-state index in [2.05, 4.69) is 31.9 Å². The summed E-state index contributed by atoms with van der Waals surface area (Å²) in [7, 11) is 0. The zero-order chi connectivity index (χ0) is 15.6. The van der Waals surface area contributed by atoms with Crippen LogP contribution in [0.15, 0.2) is 42.5 Å². The molecule has 110 valence electrons. The van der Waals surface area contributed by atoms with Crippen molar-refractivity contribution < 1.29 is 9.18 Å². The van der Waals surface area contributed by atoms with E-state index in [1.807, 2.05) is 30.3 Å². The minimum atomic E-state index is -0.671. The average Bonchev–Trinajstić information content (AvgIpc) is 2.49. The van der Waals surface area contributed by atoms with E-state index in [0.29, 0.717) is 0 Å². The van der Waals surface area contributed by atoms with Crippen molar-refractivity contribution in [3.63, 3.8) is 0 Å². The lowest BCUT2D eigenvalue weighted by Gasteiger charge is -2.17. The van der Waals surface area contributed by atoms with Gasteiger partial charge in [-0.25, -0.2) is 4.39 Å². The Morgan fingerprint density at radius 1 is 1.05 bits per heavy atom. The monoisotopic (exact) mass is 452 g/mol. The van der Waals surface area contributed by atoms with Gasteiger partial charge in [0.25, 0.3) is 0 Å². The Hall–Kier alpha value is -0.420. The molecule has 0 aliphatic heterocycles. The Morgan fingerprint density at radius 3 is 2.29 bits per heavy atom. The lowest BCUT2D eigenvalue weighted by molar-refractivity contribution is 0.0990. The second kappa shape index (κ2) is 7.23. The SMILES string of the molecule is O=C(c1cc(F)c(Cl)cc1Cl)C(Br)C(Br)c1ccccc1. The molecular weight excluding hydrogens is 446 g/mol. The van der Waals surface area contributed by atoms with Gasteiger partial charge in [0.15, 0.2) is 5.78 Å². The number of Topliss-reactive ketones (excluding diaryl/α,β-unsaturated/α-hetero) is 1. The summed E-state index contributed by atoms with van der Waals surface area (Å²) >= 11 is 18.4. The van der Waals surface area contributed by atoms with Gasteiger partial charge in [-0.2, -0.15) is 0 Å². The number of ketones is 1. The molecule has 1 nitrogen and oxygen atoms in total. The van der Waals surface area contributed by atoms with Crippen molar-refractivity contribution in [1.82, 2.24) is 0 Å². The van der Waals surface area contributed by atoms with Gasteiger partial charge in [-0.1, -0.05) is 85.4 Å². The van der Waals surface area contributed by atoms with Gasteiger partial charge in [0.05, 0.1) is 19.7 Å². The van der Waals surface area contributed by atoms with Crippen molar-refractivity contribution in [3.8, 4) is 0 Å². The van der Waals surface area contributed by atoms with Gasteiger partial charge < -0.3 is 0 Å². The summed E-state index contributed by atoms with van der Waals surface area (Å²) in [6, 6.07) is 11.7. The molecule has 0 spiro atoms. The second-order valence-electron chi connectivity index (χ2n) is 4.32. The van der Waals surface area contributed by atoms with Crippen molar-refractivity contribution in [1.29, 1.82) is 0 Å². The molecule has 0 saturated heterocycles. The maximum absolute atomic E-state index is 13.5. The summed E-state index contributed by atoms with van der Waals surface area (Å²) in [6.45, 7) is 0. The van der Waals surface area contributed by atoms with Crippen LogP contribution in [-0.4, -0.2) is 10.6 Å². The molecule has 0 amide bonds. The average molecular weight is 455 g/mol. The summed E-state index contributed by atoms with van der Waals surface area (Å²) in [5.41, 5.74) is 1.03. The Bertz CT molecular complexity index is 664. The Balaban J connectivity index is 2.30. The quantitative estimate of drug-likeness (QED) is 0.305. The first-order valence-electron chi connectivity index (χ1n) is 5.93. The summed E-state index contributed by atoms with van der Waals surface area (Å²) in [5.74, 6) is -0.990. The normalized spacial score (nSPS) is 13.8. The molecule has 0 bridgehead atoms. The molecule has 2 atom stereocenters. The maximum atomic E-state index is 13.5. The highest BCUT2D eigenvalue weighted by Crippen LogP contribution is 2.35. The topological polar surface area (TPSA) is 17.1 Å². The standard InChI is InChI=1S/C15H9Br2Cl2FO/c16-13(8-4-2-1-3-5-8)14(17)15(21)9-6-12(20)11(19)7-10(9)18/h1-7,13-14H. The van der Waals surface area contributed by atoms with Crippen LogP contribution in [0.25, 0.3) is 0 Å². The molecule has 6 heteroatoms. The van der Waals surface area contributed by atoms with Crippen molar-refractivity contribution >= 4 is 60.8 Å². The maximum Gasteiger partial charge on any atom is 0.179 e. The van der Waals surface area contributed by atoms with Crippen LogP contribution in [0.1, 0.15) is 20.7 Å². The molecule has 0 heterocycles. The van der Waals surface area contributed by atoms with Crippen LogP contribution < -0.4 is 0 Å². The molecule has 0 aromatic heterocycles. The second-order valence-corrected chi connectivity index (χ2v) is 7.11. The molecule has 2 aromatic rings. The van der Waals surface area contributed by atoms with E-state index in [9.17, 15) is 9.18 Å². The third kappa shape index (κ3) is 3.86. The smallest absolute Gasteiger partial charge is 0.179 e. The van der Waals surface area contributed by atoms with Crippen molar-refractivity contribution in [3.05, 3.63) is 69.5 Å². The number of carbonyl (C=O) groups excluding carboxylic acids is 1. The lowest BCUT2D eigenvalue weighted by atomic mass is 10.0. The molecule has 0 aliphatic carbocycles. The number of alkyl halides is 2. The zero-order valence-electron chi connectivity index (χ0n) is 10.5. The molecular formula is C15H9Br2Cl2FO. The molecule has 2 unspecified atom stereocenters. The first kappa shape index (κ1) is 16.9. The van der Waals surface area contributed by atoms with Gasteiger partial charge in [0.1, 0.15) is 5.82 Å². The van der Waals surface area contributed by atoms with E-state index < -0.39 is 10.6 Å². The number of hydrogen-bond donors (Lipinski definition) is 0. The van der Waals surface area contributed by atoms with Crippen LogP contribution >= 0.6 is 55.1 Å². The Labute approximate surface area is 148 Å². The van der Waals surface area contributed by atoms with E-state index in [1.165, 1.54) is 6.07 Å². The molecule has 2 rings (SSSR count). The van der Waals surface area contributed by atoms with Crippen LogP contribution in [0.2, 0.25) is 10.0 Å². The minimum absolute atomic E-state index is 0.0980.